The first kappa shape index (κ1) is 13.1. The number of benzene rings is 1. The highest BCUT2D eigenvalue weighted by atomic mass is 16.5. The van der Waals surface area contributed by atoms with E-state index in [-0.39, 0.29) is 5.75 Å². The van der Waals surface area contributed by atoms with E-state index in [1.165, 1.54) is 13.2 Å². The number of carbonyl (C=O) groups is 1. The maximum Gasteiger partial charge on any atom is 0.333 e. The highest BCUT2D eigenvalue weighted by molar-refractivity contribution is 5.93. The predicted molar refractivity (Wildman–Crippen MR) is 64.9 cm³/mol. The van der Waals surface area contributed by atoms with Crippen LogP contribution in [0.25, 0.3) is 6.08 Å². The van der Waals surface area contributed by atoms with Crippen molar-refractivity contribution in [1.29, 1.82) is 0 Å². The maximum absolute atomic E-state index is 11.4. The number of methoxy groups -OCH3 is 1. The molecule has 0 bridgehead atoms. The summed E-state index contributed by atoms with van der Waals surface area (Å²) in [5.41, 5.74) is 0.949. The average molecular weight is 236 g/mol. The third-order valence-electron chi connectivity index (χ3n) is 2.20. The molecule has 1 aromatic carbocycles. The second kappa shape index (κ2) is 5.94. The second-order valence-electron chi connectivity index (χ2n) is 3.47. The van der Waals surface area contributed by atoms with Gasteiger partial charge < -0.3 is 14.6 Å². The summed E-state index contributed by atoms with van der Waals surface area (Å²) >= 11 is 0. The van der Waals surface area contributed by atoms with Gasteiger partial charge in [-0.1, -0.05) is 0 Å². The maximum atomic E-state index is 11.4. The van der Waals surface area contributed by atoms with E-state index in [2.05, 4.69) is 0 Å². The molecule has 0 fully saturated rings. The van der Waals surface area contributed by atoms with E-state index in [4.69, 9.17) is 9.47 Å². The van der Waals surface area contributed by atoms with E-state index < -0.39 is 5.97 Å². The van der Waals surface area contributed by atoms with E-state index in [0.717, 1.165) is 0 Å². The van der Waals surface area contributed by atoms with Crippen molar-refractivity contribution in [1.82, 2.24) is 0 Å². The molecule has 0 amide bonds. The van der Waals surface area contributed by atoms with Gasteiger partial charge in [-0.3, -0.25) is 0 Å². The van der Waals surface area contributed by atoms with Crippen molar-refractivity contribution in [3.05, 3.63) is 29.3 Å². The molecule has 0 saturated carbocycles. The van der Waals surface area contributed by atoms with Gasteiger partial charge in [-0.15, -0.1) is 0 Å². The van der Waals surface area contributed by atoms with Gasteiger partial charge in [-0.2, -0.15) is 0 Å². The molecular weight excluding hydrogens is 220 g/mol. The quantitative estimate of drug-likeness (QED) is 0.644. The summed E-state index contributed by atoms with van der Waals surface area (Å²) in [7, 11) is 1.54. The third-order valence-corrected chi connectivity index (χ3v) is 2.20. The summed E-state index contributed by atoms with van der Waals surface area (Å²) in [6.07, 6.45) is 1.57. The smallest absolute Gasteiger partial charge is 0.333 e. The Balaban J connectivity index is 3.00. The summed E-state index contributed by atoms with van der Waals surface area (Å²) < 4.78 is 9.90. The van der Waals surface area contributed by atoms with Gasteiger partial charge in [-0.05, 0) is 38.1 Å². The number of hydrogen-bond acceptors (Lipinski definition) is 4. The van der Waals surface area contributed by atoms with E-state index in [1.54, 1.807) is 32.1 Å². The van der Waals surface area contributed by atoms with Crippen LogP contribution in [0.2, 0.25) is 0 Å². The number of phenols is 1. The van der Waals surface area contributed by atoms with Crippen LogP contribution in [0.5, 0.6) is 11.5 Å². The van der Waals surface area contributed by atoms with Gasteiger partial charge >= 0.3 is 5.97 Å². The highest BCUT2D eigenvalue weighted by Crippen LogP contribution is 2.25. The van der Waals surface area contributed by atoms with E-state index >= 15 is 0 Å². The number of hydrogen-bond donors (Lipinski definition) is 1. The summed E-state index contributed by atoms with van der Waals surface area (Å²) in [5.74, 6) is 0.315. The third kappa shape index (κ3) is 3.52. The zero-order valence-corrected chi connectivity index (χ0v) is 10.2. The average Bonchev–Trinajstić information content (AvgIpc) is 2.32. The van der Waals surface area contributed by atoms with Crippen molar-refractivity contribution >= 4 is 12.0 Å². The first-order valence-corrected chi connectivity index (χ1v) is 5.31. The Hall–Kier alpha value is -1.97. The highest BCUT2D eigenvalue weighted by Gasteiger charge is 2.07. The van der Waals surface area contributed by atoms with Gasteiger partial charge in [-0.25, -0.2) is 4.79 Å². The van der Waals surface area contributed by atoms with Crippen LogP contribution >= 0.6 is 0 Å². The molecule has 0 saturated heterocycles. The Labute approximate surface area is 100 Å². The molecule has 0 spiro atoms. The van der Waals surface area contributed by atoms with Crippen LogP contribution in [0, 0.1) is 0 Å². The summed E-state index contributed by atoms with van der Waals surface area (Å²) in [6, 6.07) is 4.81. The molecule has 0 aliphatic carbocycles. The minimum atomic E-state index is -0.394. The van der Waals surface area contributed by atoms with E-state index in [1.807, 2.05) is 0 Å². The van der Waals surface area contributed by atoms with Crippen molar-refractivity contribution in [2.45, 2.75) is 13.8 Å². The molecule has 17 heavy (non-hydrogen) atoms. The van der Waals surface area contributed by atoms with Gasteiger partial charge in [0.05, 0.1) is 13.7 Å². The molecule has 92 valence electrons. The number of rotatable bonds is 4. The van der Waals surface area contributed by atoms with Crippen LogP contribution in [0.1, 0.15) is 19.4 Å². The molecule has 0 heterocycles. The van der Waals surface area contributed by atoms with Gasteiger partial charge in [0.15, 0.2) is 0 Å². The summed E-state index contributed by atoms with van der Waals surface area (Å²) in [6.45, 7) is 3.71. The standard InChI is InChI=1S/C13H16O4/c1-4-17-13(15)9(2)7-10-8-11(16-3)5-6-12(10)14/h5-8,14H,4H2,1-3H3. The Morgan fingerprint density at radius 3 is 2.76 bits per heavy atom. The fourth-order valence-corrected chi connectivity index (χ4v) is 1.31. The predicted octanol–water partition coefficient (Wildman–Crippen LogP) is 2.37. The Morgan fingerprint density at radius 2 is 2.18 bits per heavy atom. The Bertz CT molecular complexity index is 435. The molecule has 0 aliphatic heterocycles. The largest absolute Gasteiger partial charge is 0.507 e. The van der Waals surface area contributed by atoms with Crippen molar-refractivity contribution in [3.8, 4) is 11.5 Å². The van der Waals surface area contributed by atoms with Crippen LogP contribution < -0.4 is 4.74 Å². The van der Waals surface area contributed by atoms with Crippen LogP contribution in [0.3, 0.4) is 0 Å². The van der Waals surface area contributed by atoms with Crippen molar-refractivity contribution in [2.75, 3.05) is 13.7 Å². The molecule has 0 radical (unpaired) electrons. The number of phenolic OH excluding ortho intramolecular Hbond substituents is 1. The van der Waals surface area contributed by atoms with Crippen LogP contribution in [-0.4, -0.2) is 24.8 Å². The second-order valence-corrected chi connectivity index (χ2v) is 3.47. The number of ether oxygens (including phenoxy) is 2. The molecule has 1 N–H and O–H groups in total. The molecule has 1 rings (SSSR count). The first-order valence-electron chi connectivity index (χ1n) is 5.31. The Kier molecular flexibility index (Phi) is 4.57. The Morgan fingerprint density at radius 1 is 1.47 bits per heavy atom. The van der Waals surface area contributed by atoms with Crippen LogP contribution in [-0.2, 0) is 9.53 Å². The lowest BCUT2D eigenvalue weighted by Gasteiger charge is -2.05. The fourth-order valence-electron chi connectivity index (χ4n) is 1.31. The molecule has 4 heteroatoms. The molecule has 0 aromatic heterocycles. The summed E-state index contributed by atoms with van der Waals surface area (Å²) in [4.78, 5) is 11.4. The zero-order valence-electron chi connectivity index (χ0n) is 10.2. The van der Waals surface area contributed by atoms with Gasteiger partial charge in [0, 0.05) is 11.1 Å². The lowest BCUT2D eigenvalue weighted by Crippen LogP contribution is -2.04. The summed E-state index contributed by atoms with van der Waals surface area (Å²) in [5, 5.41) is 9.64. The topological polar surface area (TPSA) is 55.8 Å². The van der Waals surface area contributed by atoms with E-state index in [9.17, 15) is 9.90 Å². The minimum Gasteiger partial charge on any atom is -0.507 e. The molecular formula is C13H16O4. The van der Waals surface area contributed by atoms with Gasteiger partial charge in [0.2, 0.25) is 0 Å². The van der Waals surface area contributed by atoms with E-state index in [0.29, 0.717) is 23.5 Å². The van der Waals surface area contributed by atoms with Crippen molar-refractivity contribution in [2.24, 2.45) is 0 Å². The lowest BCUT2D eigenvalue weighted by molar-refractivity contribution is -0.138. The normalized spacial score (nSPS) is 11.1. The van der Waals surface area contributed by atoms with Gasteiger partial charge in [0.1, 0.15) is 11.5 Å². The molecule has 0 atom stereocenters. The molecule has 4 nitrogen and oxygen atoms in total. The number of carbonyl (C=O) groups excluding carboxylic acids is 1. The van der Waals surface area contributed by atoms with Crippen LogP contribution in [0.15, 0.2) is 23.8 Å². The zero-order chi connectivity index (χ0) is 12.8. The van der Waals surface area contributed by atoms with Crippen LogP contribution in [0.4, 0.5) is 0 Å². The fraction of sp³-hybridized carbons (Fsp3) is 0.308. The first-order chi connectivity index (χ1) is 8.08. The molecule has 0 unspecified atom stereocenters. The number of esters is 1. The molecule has 1 aromatic rings. The number of aromatic hydroxyl groups is 1. The lowest BCUT2D eigenvalue weighted by atomic mass is 10.1. The monoisotopic (exact) mass is 236 g/mol. The van der Waals surface area contributed by atoms with Crippen molar-refractivity contribution < 1.29 is 19.4 Å². The molecule has 0 aliphatic rings. The SMILES string of the molecule is CCOC(=O)C(C)=Cc1cc(OC)ccc1O. The minimum absolute atomic E-state index is 0.0921. The van der Waals surface area contributed by atoms with Gasteiger partial charge in [0.25, 0.3) is 0 Å². The van der Waals surface area contributed by atoms with Crippen molar-refractivity contribution in [3.63, 3.8) is 0 Å².